The molecular formula is C21H25FN2O4S. The van der Waals surface area contributed by atoms with Crippen molar-refractivity contribution in [3.63, 3.8) is 0 Å². The van der Waals surface area contributed by atoms with Crippen LogP contribution in [0.15, 0.2) is 53.4 Å². The van der Waals surface area contributed by atoms with Gasteiger partial charge in [0.05, 0.1) is 24.0 Å². The van der Waals surface area contributed by atoms with Gasteiger partial charge in [-0.05, 0) is 61.7 Å². The maximum Gasteiger partial charge on any atom is 0.243 e. The summed E-state index contributed by atoms with van der Waals surface area (Å²) in [5, 5.41) is 2.97. The van der Waals surface area contributed by atoms with Crippen LogP contribution >= 0.6 is 0 Å². The van der Waals surface area contributed by atoms with Gasteiger partial charge in [-0.15, -0.1) is 0 Å². The molecule has 1 aliphatic heterocycles. The molecule has 6 nitrogen and oxygen atoms in total. The number of methoxy groups -OCH3 is 1. The number of hydrogen-bond acceptors (Lipinski definition) is 4. The predicted octanol–water partition coefficient (Wildman–Crippen LogP) is 3.11. The third kappa shape index (κ3) is 4.94. The summed E-state index contributed by atoms with van der Waals surface area (Å²) in [6.45, 7) is 2.34. The second-order valence-electron chi connectivity index (χ2n) is 7.16. The third-order valence-corrected chi connectivity index (χ3v) is 7.06. The summed E-state index contributed by atoms with van der Waals surface area (Å²) in [5.41, 5.74) is 0.936. The summed E-state index contributed by atoms with van der Waals surface area (Å²) in [6, 6.07) is 12.0. The second kappa shape index (κ2) is 8.92. The number of halogens is 1. The number of piperidine rings is 1. The molecule has 1 amide bonds. The molecular weight excluding hydrogens is 395 g/mol. The number of ether oxygens (including phenoxy) is 1. The molecule has 0 saturated carbocycles. The van der Waals surface area contributed by atoms with Crippen LogP contribution in [-0.2, 0) is 14.8 Å². The maximum absolute atomic E-state index is 13.1. The Morgan fingerprint density at radius 2 is 1.83 bits per heavy atom. The molecule has 1 saturated heterocycles. The highest BCUT2D eigenvalue weighted by atomic mass is 32.2. The van der Waals surface area contributed by atoms with Gasteiger partial charge in [-0.2, -0.15) is 4.31 Å². The van der Waals surface area contributed by atoms with Crippen LogP contribution in [0.4, 0.5) is 4.39 Å². The highest BCUT2D eigenvalue weighted by molar-refractivity contribution is 7.89. The van der Waals surface area contributed by atoms with E-state index < -0.39 is 21.8 Å². The number of carbonyl (C=O) groups excluding carboxylic acids is 1. The van der Waals surface area contributed by atoms with Gasteiger partial charge in [0.2, 0.25) is 15.9 Å². The lowest BCUT2D eigenvalue weighted by Crippen LogP contribution is -2.45. The van der Waals surface area contributed by atoms with E-state index >= 15 is 0 Å². The van der Waals surface area contributed by atoms with Crippen LogP contribution in [0.2, 0.25) is 0 Å². The van der Waals surface area contributed by atoms with Gasteiger partial charge in [0.1, 0.15) is 11.6 Å². The molecule has 1 N–H and O–H groups in total. The molecule has 29 heavy (non-hydrogen) atoms. The van der Waals surface area contributed by atoms with Crippen LogP contribution in [0.25, 0.3) is 0 Å². The number of nitrogens with zero attached hydrogens (tertiary/aromatic N) is 1. The summed E-state index contributed by atoms with van der Waals surface area (Å²) in [5.74, 6) is -0.361. The number of benzene rings is 2. The van der Waals surface area contributed by atoms with E-state index in [-0.39, 0.29) is 23.4 Å². The number of hydrogen-bond donors (Lipinski definition) is 1. The van der Waals surface area contributed by atoms with Crippen LogP contribution in [0.1, 0.15) is 31.4 Å². The van der Waals surface area contributed by atoms with E-state index in [1.807, 2.05) is 31.2 Å². The fourth-order valence-electron chi connectivity index (χ4n) is 3.44. The first-order valence-electron chi connectivity index (χ1n) is 9.51. The van der Waals surface area contributed by atoms with Crippen molar-refractivity contribution < 1.29 is 22.3 Å². The third-order valence-electron chi connectivity index (χ3n) is 5.18. The van der Waals surface area contributed by atoms with Gasteiger partial charge in [0, 0.05) is 13.1 Å². The fourth-order valence-corrected chi connectivity index (χ4v) is 4.96. The molecule has 1 fully saturated rings. The Kier molecular flexibility index (Phi) is 6.54. The monoisotopic (exact) mass is 420 g/mol. The molecule has 2 aromatic carbocycles. The van der Waals surface area contributed by atoms with Crippen molar-refractivity contribution >= 4 is 15.9 Å². The normalized spacial score (nSPS) is 18.8. The first-order valence-corrected chi connectivity index (χ1v) is 11.0. The Hall–Kier alpha value is -2.45. The Labute approximate surface area is 170 Å². The molecule has 3 rings (SSSR count). The van der Waals surface area contributed by atoms with E-state index in [2.05, 4.69) is 5.32 Å². The highest BCUT2D eigenvalue weighted by Crippen LogP contribution is 2.25. The second-order valence-corrected chi connectivity index (χ2v) is 9.10. The summed E-state index contributed by atoms with van der Waals surface area (Å²) in [6.07, 6.45) is 1.21. The lowest BCUT2D eigenvalue weighted by molar-refractivity contribution is -0.126. The molecule has 0 aliphatic carbocycles. The van der Waals surface area contributed by atoms with Crippen LogP contribution in [-0.4, -0.2) is 38.8 Å². The van der Waals surface area contributed by atoms with Crippen molar-refractivity contribution in [2.24, 2.45) is 5.92 Å². The molecule has 8 heteroatoms. The zero-order valence-electron chi connectivity index (χ0n) is 16.5. The lowest BCUT2D eigenvalue weighted by atomic mass is 9.98. The minimum Gasteiger partial charge on any atom is -0.497 e. The number of carbonyl (C=O) groups is 1. The van der Waals surface area contributed by atoms with Crippen LogP contribution in [0.5, 0.6) is 5.75 Å². The first-order chi connectivity index (χ1) is 13.8. The lowest BCUT2D eigenvalue weighted by Gasteiger charge is -2.32. The van der Waals surface area contributed by atoms with Gasteiger partial charge in [-0.1, -0.05) is 12.1 Å². The summed E-state index contributed by atoms with van der Waals surface area (Å²) >= 11 is 0. The molecule has 0 radical (unpaired) electrons. The smallest absolute Gasteiger partial charge is 0.243 e. The average Bonchev–Trinajstić information content (AvgIpc) is 2.74. The average molecular weight is 421 g/mol. The molecule has 1 aliphatic rings. The molecule has 2 unspecified atom stereocenters. The van der Waals surface area contributed by atoms with E-state index in [9.17, 15) is 17.6 Å². The number of amides is 1. The summed E-state index contributed by atoms with van der Waals surface area (Å²) < 4.78 is 45.2. The Bertz CT molecular complexity index is 946. The van der Waals surface area contributed by atoms with Crippen molar-refractivity contribution in [1.29, 1.82) is 0 Å². The van der Waals surface area contributed by atoms with Crippen molar-refractivity contribution in [3.8, 4) is 5.75 Å². The molecule has 0 spiro atoms. The number of sulfonamides is 1. The van der Waals surface area contributed by atoms with Crippen LogP contribution in [0.3, 0.4) is 0 Å². The van der Waals surface area contributed by atoms with Crippen molar-refractivity contribution in [2.45, 2.75) is 30.7 Å². The Morgan fingerprint density at radius 3 is 2.45 bits per heavy atom. The van der Waals surface area contributed by atoms with Gasteiger partial charge in [-0.3, -0.25) is 4.79 Å². The van der Waals surface area contributed by atoms with Gasteiger partial charge >= 0.3 is 0 Å². The van der Waals surface area contributed by atoms with Crippen molar-refractivity contribution in [1.82, 2.24) is 9.62 Å². The Balaban J connectivity index is 1.66. The molecule has 1 heterocycles. The quantitative estimate of drug-likeness (QED) is 0.779. The largest absolute Gasteiger partial charge is 0.497 e. The number of rotatable bonds is 6. The summed E-state index contributed by atoms with van der Waals surface area (Å²) in [4.78, 5) is 12.8. The topological polar surface area (TPSA) is 75.7 Å². The summed E-state index contributed by atoms with van der Waals surface area (Å²) in [7, 11) is -2.17. The molecule has 0 aromatic heterocycles. The zero-order valence-corrected chi connectivity index (χ0v) is 17.3. The van der Waals surface area contributed by atoms with Gasteiger partial charge < -0.3 is 10.1 Å². The van der Waals surface area contributed by atoms with E-state index in [4.69, 9.17) is 4.74 Å². The first kappa shape index (κ1) is 21.3. The fraction of sp³-hybridized carbons (Fsp3) is 0.381. The standard InChI is InChI=1S/C21H25FN2O4S/c1-15(16-5-9-19(28-2)10-6-16)23-21(25)17-4-3-13-24(14-17)29(26,27)20-11-7-18(22)8-12-20/h5-12,15,17H,3-4,13-14H2,1-2H3,(H,23,25). The van der Waals surface area contributed by atoms with E-state index in [0.29, 0.717) is 19.4 Å². The maximum atomic E-state index is 13.1. The predicted molar refractivity (Wildman–Crippen MR) is 107 cm³/mol. The molecule has 0 bridgehead atoms. The van der Waals surface area contributed by atoms with Gasteiger partial charge in [-0.25, -0.2) is 12.8 Å². The highest BCUT2D eigenvalue weighted by Gasteiger charge is 2.33. The van der Waals surface area contributed by atoms with Gasteiger partial charge in [0.15, 0.2) is 0 Å². The van der Waals surface area contributed by atoms with Crippen LogP contribution < -0.4 is 10.1 Å². The van der Waals surface area contributed by atoms with Crippen molar-refractivity contribution in [2.75, 3.05) is 20.2 Å². The van der Waals surface area contributed by atoms with E-state index in [1.54, 1.807) is 7.11 Å². The minimum atomic E-state index is -3.76. The van der Waals surface area contributed by atoms with Crippen molar-refractivity contribution in [3.05, 3.63) is 59.9 Å². The van der Waals surface area contributed by atoms with E-state index in [0.717, 1.165) is 23.4 Å². The number of nitrogens with one attached hydrogen (secondary N) is 1. The van der Waals surface area contributed by atoms with Gasteiger partial charge in [0.25, 0.3) is 0 Å². The molecule has 156 valence electrons. The van der Waals surface area contributed by atoms with Crippen LogP contribution in [0, 0.1) is 11.7 Å². The zero-order chi connectivity index (χ0) is 21.0. The van der Waals surface area contributed by atoms with E-state index in [1.165, 1.54) is 16.4 Å². The SMILES string of the molecule is COc1ccc(C(C)NC(=O)C2CCCN(S(=O)(=O)c3ccc(F)cc3)C2)cc1. The minimum absolute atomic E-state index is 0.0339. The molecule has 2 aromatic rings. The Morgan fingerprint density at radius 1 is 1.17 bits per heavy atom. The molecule has 2 atom stereocenters.